The molecule has 0 atom stereocenters. The van der Waals surface area contributed by atoms with Crippen molar-refractivity contribution in [2.24, 2.45) is 0 Å². The van der Waals surface area contributed by atoms with Crippen LogP contribution in [0.5, 0.6) is 0 Å². The van der Waals surface area contributed by atoms with Gasteiger partial charge in [0.25, 0.3) is 0 Å². The molecular weight excluding hydrogens is 343 g/mol. The molecule has 0 aliphatic rings. The Kier molecular flexibility index (Phi) is 6.18. The highest BCUT2D eigenvalue weighted by Gasteiger charge is 2.29. The summed E-state index contributed by atoms with van der Waals surface area (Å²) >= 11 is 0. The molecule has 26 heavy (non-hydrogen) atoms. The van der Waals surface area contributed by atoms with E-state index in [0.29, 0.717) is 11.1 Å². The van der Waals surface area contributed by atoms with E-state index in [1.54, 1.807) is 12.1 Å². The van der Waals surface area contributed by atoms with Crippen LogP contribution in [0.25, 0.3) is 0 Å². The minimum atomic E-state index is -4.38. The standard InChI is InChI=1S/C20H20F3NO2/c1-13-3-6-16(11-14(13)2)18(25)9-10-19(26)24-12-15-4-7-17(8-5-15)20(21,22)23/h3-8,11H,9-10,12H2,1-2H3,(H,24,26). The van der Waals surface area contributed by atoms with E-state index in [1.165, 1.54) is 12.1 Å². The molecule has 1 N–H and O–H groups in total. The lowest BCUT2D eigenvalue weighted by molar-refractivity contribution is -0.137. The summed E-state index contributed by atoms with van der Waals surface area (Å²) in [6.07, 6.45) is -4.26. The van der Waals surface area contributed by atoms with Gasteiger partial charge in [-0.2, -0.15) is 13.2 Å². The van der Waals surface area contributed by atoms with Gasteiger partial charge in [-0.1, -0.05) is 24.3 Å². The van der Waals surface area contributed by atoms with Crippen LogP contribution in [0.2, 0.25) is 0 Å². The number of alkyl halides is 3. The van der Waals surface area contributed by atoms with E-state index in [1.807, 2.05) is 19.9 Å². The molecule has 0 saturated heterocycles. The molecule has 0 unspecified atom stereocenters. The zero-order chi connectivity index (χ0) is 19.3. The zero-order valence-electron chi connectivity index (χ0n) is 14.6. The van der Waals surface area contributed by atoms with Crippen molar-refractivity contribution >= 4 is 11.7 Å². The number of carbonyl (C=O) groups excluding carboxylic acids is 2. The number of aryl methyl sites for hydroxylation is 2. The lowest BCUT2D eigenvalue weighted by Crippen LogP contribution is -2.23. The minimum absolute atomic E-state index is 0.0341. The molecule has 6 heteroatoms. The number of nitrogens with one attached hydrogen (secondary N) is 1. The summed E-state index contributed by atoms with van der Waals surface area (Å²) in [5.74, 6) is -0.431. The van der Waals surface area contributed by atoms with Crippen LogP contribution in [0.1, 0.15) is 45.5 Å². The first-order valence-corrected chi connectivity index (χ1v) is 8.20. The van der Waals surface area contributed by atoms with E-state index in [4.69, 9.17) is 0 Å². The Balaban J connectivity index is 1.81. The fourth-order valence-corrected chi connectivity index (χ4v) is 2.39. The maximum Gasteiger partial charge on any atom is 0.416 e. The van der Waals surface area contributed by atoms with E-state index in [0.717, 1.165) is 23.3 Å². The van der Waals surface area contributed by atoms with E-state index in [-0.39, 0.29) is 31.1 Å². The van der Waals surface area contributed by atoms with E-state index >= 15 is 0 Å². The molecular formula is C20H20F3NO2. The fourth-order valence-electron chi connectivity index (χ4n) is 2.39. The highest BCUT2D eigenvalue weighted by atomic mass is 19.4. The predicted molar refractivity (Wildman–Crippen MR) is 92.8 cm³/mol. The molecule has 0 aliphatic heterocycles. The molecule has 0 saturated carbocycles. The predicted octanol–water partition coefficient (Wildman–Crippen LogP) is 4.60. The zero-order valence-corrected chi connectivity index (χ0v) is 14.6. The fraction of sp³-hybridized carbons (Fsp3) is 0.300. The third-order valence-corrected chi connectivity index (χ3v) is 4.18. The van der Waals surface area contributed by atoms with Gasteiger partial charge < -0.3 is 5.32 Å². The smallest absolute Gasteiger partial charge is 0.352 e. The summed E-state index contributed by atoms with van der Waals surface area (Å²) in [5.41, 5.74) is 2.51. The monoisotopic (exact) mass is 363 g/mol. The van der Waals surface area contributed by atoms with Crippen molar-refractivity contribution in [3.8, 4) is 0 Å². The molecule has 2 aromatic rings. The second kappa shape index (κ2) is 8.17. The minimum Gasteiger partial charge on any atom is -0.352 e. The van der Waals surface area contributed by atoms with Crippen molar-refractivity contribution in [1.82, 2.24) is 5.32 Å². The van der Waals surface area contributed by atoms with Crippen LogP contribution in [0.4, 0.5) is 13.2 Å². The number of hydrogen-bond donors (Lipinski definition) is 1. The van der Waals surface area contributed by atoms with Crippen LogP contribution in [0, 0.1) is 13.8 Å². The molecule has 0 spiro atoms. The molecule has 0 fully saturated rings. The molecule has 0 aromatic heterocycles. The van der Waals surface area contributed by atoms with Crippen molar-refractivity contribution in [2.75, 3.05) is 0 Å². The van der Waals surface area contributed by atoms with Crippen LogP contribution in [-0.4, -0.2) is 11.7 Å². The number of amides is 1. The van der Waals surface area contributed by atoms with E-state index in [2.05, 4.69) is 5.32 Å². The Bertz CT molecular complexity index is 796. The van der Waals surface area contributed by atoms with Crippen molar-refractivity contribution in [2.45, 2.75) is 39.4 Å². The first kappa shape index (κ1) is 19.7. The molecule has 0 radical (unpaired) electrons. The molecule has 138 valence electrons. The largest absolute Gasteiger partial charge is 0.416 e. The molecule has 0 heterocycles. The van der Waals surface area contributed by atoms with Crippen molar-refractivity contribution in [3.05, 3.63) is 70.3 Å². The van der Waals surface area contributed by atoms with Gasteiger partial charge in [0.15, 0.2) is 5.78 Å². The summed E-state index contributed by atoms with van der Waals surface area (Å²) in [5, 5.41) is 2.61. The average Bonchev–Trinajstić information content (AvgIpc) is 2.59. The normalized spacial score (nSPS) is 11.3. The van der Waals surface area contributed by atoms with Crippen LogP contribution in [0.15, 0.2) is 42.5 Å². The van der Waals surface area contributed by atoms with Gasteiger partial charge in [0, 0.05) is 24.9 Å². The number of halogens is 3. The Morgan fingerprint density at radius 2 is 1.58 bits per heavy atom. The lowest BCUT2D eigenvalue weighted by Gasteiger charge is -2.09. The average molecular weight is 363 g/mol. The summed E-state index contributed by atoms with van der Waals surface area (Å²) in [6, 6.07) is 10.0. The van der Waals surface area contributed by atoms with Crippen molar-refractivity contribution < 1.29 is 22.8 Å². The third kappa shape index (κ3) is 5.44. The SMILES string of the molecule is Cc1ccc(C(=O)CCC(=O)NCc2ccc(C(F)(F)F)cc2)cc1C. The molecule has 3 nitrogen and oxygen atoms in total. The summed E-state index contributed by atoms with van der Waals surface area (Å²) in [4.78, 5) is 24.0. The quantitative estimate of drug-likeness (QED) is 0.763. The number of hydrogen-bond acceptors (Lipinski definition) is 2. The summed E-state index contributed by atoms with van der Waals surface area (Å²) in [6.45, 7) is 4.00. The third-order valence-electron chi connectivity index (χ3n) is 4.18. The van der Waals surface area contributed by atoms with Gasteiger partial charge >= 0.3 is 6.18 Å². The molecule has 2 rings (SSSR count). The number of benzene rings is 2. The Labute approximate surface area is 150 Å². The van der Waals surface area contributed by atoms with Crippen LogP contribution >= 0.6 is 0 Å². The lowest BCUT2D eigenvalue weighted by atomic mass is 10.0. The number of carbonyl (C=O) groups is 2. The van der Waals surface area contributed by atoms with Gasteiger partial charge in [0.05, 0.1) is 5.56 Å². The number of ketones is 1. The van der Waals surface area contributed by atoms with Gasteiger partial charge in [-0.25, -0.2) is 0 Å². The maximum absolute atomic E-state index is 12.5. The second-order valence-corrected chi connectivity index (χ2v) is 6.19. The highest BCUT2D eigenvalue weighted by Crippen LogP contribution is 2.29. The first-order chi connectivity index (χ1) is 12.2. The highest BCUT2D eigenvalue weighted by molar-refractivity contribution is 5.98. The number of rotatable bonds is 6. The molecule has 0 bridgehead atoms. The van der Waals surface area contributed by atoms with E-state index in [9.17, 15) is 22.8 Å². The van der Waals surface area contributed by atoms with Crippen LogP contribution < -0.4 is 5.32 Å². The van der Waals surface area contributed by atoms with Crippen LogP contribution in [-0.2, 0) is 17.5 Å². The van der Waals surface area contributed by atoms with Crippen LogP contribution in [0.3, 0.4) is 0 Å². The Morgan fingerprint density at radius 1 is 0.923 bits per heavy atom. The molecule has 2 aromatic carbocycles. The summed E-state index contributed by atoms with van der Waals surface area (Å²) < 4.78 is 37.5. The van der Waals surface area contributed by atoms with Crippen molar-refractivity contribution in [3.63, 3.8) is 0 Å². The van der Waals surface area contributed by atoms with Gasteiger partial charge in [-0.15, -0.1) is 0 Å². The Hall–Kier alpha value is -2.63. The Morgan fingerprint density at radius 3 is 2.15 bits per heavy atom. The number of Topliss-reactive ketones (excluding diaryl/α,β-unsaturated/α-hetero) is 1. The van der Waals surface area contributed by atoms with Gasteiger partial charge in [0.1, 0.15) is 0 Å². The molecule has 0 aliphatic carbocycles. The van der Waals surface area contributed by atoms with E-state index < -0.39 is 11.7 Å². The van der Waals surface area contributed by atoms with Gasteiger partial charge in [0.2, 0.25) is 5.91 Å². The molecule has 1 amide bonds. The maximum atomic E-state index is 12.5. The topological polar surface area (TPSA) is 46.2 Å². The van der Waals surface area contributed by atoms with Crippen molar-refractivity contribution in [1.29, 1.82) is 0 Å². The van der Waals surface area contributed by atoms with Gasteiger partial charge in [-0.3, -0.25) is 9.59 Å². The van der Waals surface area contributed by atoms with Gasteiger partial charge in [-0.05, 0) is 48.7 Å². The second-order valence-electron chi connectivity index (χ2n) is 6.19. The summed E-state index contributed by atoms with van der Waals surface area (Å²) in [7, 11) is 0. The first-order valence-electron chi connectivity index (χ1n) is 8.20.